The van der Waals surface area contributed by atoms with E-state index in [0.717, 1.165) is 0 Å². The molecule has 8 heavy (non-hydrogen) atoms. The standard InChI is InChI=1S/C2H6O3Si.Mg.Na.3H/c1-2-5-6(3)4;;;;;/h3H,2H2,1H3;;;;;. The first-order valence-corrected chi connectivity index (χ1v) is 2.89. The quantitative estimate of drug-likeness (QED) is 0.465. The van der Waals surface area contributed by atoms with Crippen LogP contribution in [0.5, 0.6) is 0 Å². The molecular formula is C2H9MgNaO3Si. The first kappa shape index (κ1) is 16.2. The van der Waals surface area contributed by atoms with Crippen LogP contribution in [0.2, 0.25) is 0 Å². The summed E-state index contributed by atoms with van der Waals surface area (Å²) >= 11 is 0. The van der Waals surface area contributed by atoms with Crippen LogP contribution in [0.1, 0.15) is 6.92 Å². The van der Waals surface area contributed by atoms with Crippen molar-refractivity contribution in [3.05, 3.63) is 0 Å². The van der Waals surface area contributed by atoms with Crippen molar-refractivity contribution in [2.45, 2.75) is 6.92 Å². The third kappa shape index (κ3) is 15.7. The molecule has 0 aromatic heterocycles. The Morgan fingerprint density at radius 2 is 2.12 bits per heavy atom. The Bertz CT molecular complexity index is 61.2. The molecule has 3 nitrogen and oxygen atoms in total. The van der Waals surface area contributed by atoms with Crippen molar-refractivity contribution in [2.75, 3.05) is 6.61 Å². The average molecular weight is 156 g/mol. The Hall–Kier alpha value is 1.38. The van der Waals surface area contributed by atoms with Crippen LogP contribution >= 0.6 is 0 Å². The van der Waals surface area contributed by atoms with Crippen LogP contribution < -0.4 is 0 Å². The zero-order valence-corrected chi connectivity index (χ0v) is 4.47. The average Bonchev–Trinajstić information content (AvgIpc) is 1.35. The van der Waals surface area contributed by atoms with Gasteiger partial charge in [0, 0.05) is 0 Å². The zero-order chi connectivity index (χ0) is 4.99. The minimum atomic E-state index is -2.64. The predicted octanol–water partition coefficient (Wildman–Crippen LogP) is -2.13. The van der Waals surface area contributed by atoms with Gasteiger partial charge in [0.25, 0.3) is 0 Å². The zero-order valence-electron chi connectivity index (χ0n) is 3.47. The van der Waals surface area contributed by atoms with E-state index < -0.39 is 9.17 Å². The second kappa shape index (κ2) is 11.2. The van der Waals surface area contributed by atoms with Crippen molar-refractivity contribution in [3.63, 3.8) is 0 Å². The van der Waals surface area contributed by atoms with Crippen LogP contribution in [0.4, 0.5) is 0 Å². The second-order valence-electron chi connectivity index (χ2n) is 0.699. The number of rotatable bonds is 2. The summed E-state index contributed by atoms with van der Waals surface area (Å²) in [6, 6.07) is 0. The van der Waals surface area contributed by atoms with Gasteiger partial charge in [-0.1, -0.05) is 0 Å². The normalized spacial score (nSPS) is 5.62. The van der Waals surface area contributed by atoms with Crippen molar-refractivity contribution in [2.24, 2.45) is 0 Å². The van der Waals surface area contributed by atoms with Crippen molar-refractivity contribution < 1.29 is 13.7 Å². The van der Waals surface area contributed by atoms with E-state index in [0.29, 0.717) is 6.61 Å². The fraction of sp³-hybridized carbons (Fsp3) is 1.00. The molecule has 0 unspecified atom stereocenters. The Morgan fingerprint density at radius 1 is 1.75 bits per heavy atom. The van der Waals surface area contributed by atoms with Gasteiger partial charge in [-0.3, -0.25) is 4.46 Å². The number of hydrogen-bond donors (Lipinski definition) is 1. The first-order valence-electron chi connectivity index (χ1n) is 1.63. The summed E-state index contributed by atoms with van der Waals surface area (Å²) in [6.07, 6.45) is 0. The molecule has 0 saturated heterocycles. The monoisotopic (exact) mass is 156 g/mol. The van der Waals surface area contributed by atoms with Crippen molar-refractivity contribution in [1.82, 2.24) is 0 Å². The maximum atomic E-state index is 9.56. The summed E-state index contributed by atoms with van der Waals surface area (Å²) in [6.45, 7) is 1.98. The van der Waals surface area contributed by atoms with Crippen molar-refractivity contribution >= 4 is 61.8 Å². The molecular weight excluding hydrogens is 147 g/mol. The molecule has 0 bridgehead atoms. The first-order chi connectivity index (χ1) is 2.77. The van der Waals surface area contributed by atoms with E-state index in [-0.39, 0.29) is 52.6 Å². The summed E-state index contributed by atoms with van der Waals surface area (Å²) in [5.41, 5.74) is 0. The van der Waals surface area contributed by atoms with E-state index in [1.807, 2.05) is 0 Å². The molecule has 0 aliphatic heterocycles. The molecule has 0 heterocycles. The molecule has 0 aliphatic rings. The van der Waals surface area contributed by atoms with Crippen LogP contribution in [0.15, 0.2) is 0 Å². The fourth-order valence-corrected chi connectivity index (χ4v) is 0.370. The summed E-state index contributed by atoms with van der Waals surface area (Å²) in [5, 5.41) is 0. The SMILES string of the molecule is CCO[Si](=O)O.[MgH2].[NaH]. The van der Waals surface area contributed by atoms with E-state index >= 15 is 0 Å². The van der Waals surface area contributed by atoms with Gasteiger partial charge >= 0.3 is 61.8 Å². The summed E-state index contributed by atoms with van der Waals surface area (Å²) < 4.78 is 13.7. The van der Waals surface area contributed by atoms with Crippen molar-refractivity contribution in [1.29, 1.82) is 0 Å². The van der Waals surface area contributed by atoms with Crippen LogP contribution in [0, 0.1) is 0 Å². The molecule has 0 aromatic carbocycles. The molecule has 0 spiro atoms. The van der Waals surface area contributed by atoms with E-state index in [4.69, 9.17) is 4.80 Å². The van der Waals surface area contributed by atoms with Gasteiger partial charge in [-0.05, 0) is 6.92 Å². The van der Waals surface area contributed by atoms with Gasteiger partial charge in [0.1, 0.15) is 0 Å². The molecule has 0 amide bonds. The van der Waals surface area contributed by atoms with E-state index in [9.17, 15) is 4.46 Å². The van der Waals surface area contributed by atoms with Crippen LogP contribution in [0.3, 0.4) is 0 Å². The minimum absolute atomic E-state index is 0. The van der Waals surface area contributed by atoms with E-state index in [1.54, 1.807) is 6.92 Å². The maximum absolute atomic E-state index is 9.56. The molecule has 42 valence electrons. The van der Waals surface area contributed by atoms with Gasteiger partial charge in [0.2, 0.25) is 0 Å². The molecule has 6 heteroatoms. The topological polar surface area (TPSA) is 46.5 Å². The molecule has 1 N–H and O–H groups in total. The van der Waals surface area contributed by atoms with Crippen LogP contribution in [-0.2, 0) is 8.89 Å². The molecule has 0 rings (SSSR count). The van der Waals surface area contributed by atoms with Gasteiger partial charge in [-0.15, -0.1) is 0 Å². The van der Waals surface area contributed by atoms with Gasteiger partial charge in [0.15, 0.2) is 0 Å². The number of hydrogen-bond acceptors (Lipinski definition) is 2. The van der Waals surface area contributed by atoms with Crippen LogP contribution in [0.25, 0.3) is 0 Å². The Morgan fingerprint density at radius 3 is 2.12 bits per heavy atom. The third-order valence-electron chi connectivity index (χ3n) is 0.268. The molecule has 0 radical (unpaired) electrons. The molecule has 0 atom stereocenters. The van der Waals surface area contributed by atoms with Gasteiger partial charge < -0.3 is 9.22 Å². The summed E-state index contributed by atoms with van der Waals surface area (Å²) in [7, 11) is -2.64. The van der Waals surface area contributed by atoms with E-state index in [1.165, 1.54) is 0 Å². The Labute approximate surface area is 88.1 Å². The van der Waals surface area contributed by atoms with Crippen molar-refractivity contribution in [3.8, 4) is 0 Å². The summed E-state index contributed by atoms with van der Waals surface area (Å²) in [5.74, 6) is 0. The second-order valence-corrected chi connectivity index (χ2v) is 1.52. The fourth-order valence-electron chi connectivity index (χ4n) is 0.123. The van der Waals surface area contributed by atoms with Crippen LogP contribution in [-0.4, -0.2) is 73.2 Å². The van der Waals surface area contributed by atoms with Gasteiger partial charge in [0.05, 0.1) is 6.61 Å². The Kier molecular flexibility index (Phi) is 22.7. The molecule has 0 fully saturated rings. The molecule has 0 aromatic rings. The Balaban J connectivity index is -0.000000125. The third-order valence-corrected chi connectivity index (χ3v) is 0.803. The van der Waals surface area contributed by atoms with E-state index in [2.05, 4.69) is 4.43 Å². The van der Waals surface area contributed by atoms with Gasteiger partial charge in [-0.25, -0.2) is 0 Å². The van der Waals surface area contributed by atoms with Gasteiger partial charge in [-0.2, -0.15) is 0 Å². The molecule has 0 aliphatic carbocycles. The predicted molar refractivity (Wildman–Crippen MR) is 36.0 cm³/mol. The molecule has 0 saturated carbocycles. The summed E-state index contributed by atoms with van der Waals surface area (Å²) in [4.78, 5) is 7.88.